The molecule has 94 valence electrons. The smallest absolute Gasteiger partial charge is 0.171 e. The minimum Gasteiger partial charge on any atom is -0.171 e. The molecule has 0 radical (unpaired) electrons. The molecule has 0 saturated heterocycles. The van der Waals surface area contributed by atoms with Gasteiger partial charge in [-0.05, 0) is 23.7 Å². The van der Waals surface area contributed by atoms with Gasteiger partial charge in [-0.1, -0.05) is 31.8 Å². The van der Waals surface area contributed by atoms with Gasteiger partial charge in [-0.25, -0.2) is 0 Å². The Morgan fingerprint density at radius 3 is 2.24 bits per heavy atom. The topological polar surface area (TPSA) is 0 Å². The van der Waals surface area contributed by atoms with Crippen LogP contribution in [0.1, 0.15) is 12.8 Å². The molecule has 1 rings (SSSR count). The Balaban J connectivity index is 2.55. The van der Waals surface area contributed by atoms with E-state index in [0.29, 0.717) is 0 Å². The third-order valence-electron chi connectivity index (χ3n) is 2.49. The first-order valence-electron chi connectivity index (χ1n) is 5.67. The summed E-state index contributed by atoms with van der Waals surface area (Å²) < 4.78 is 36.6. The number of halogens is 3. The lowest BCUT2D eigenvalue weighted by Gasteiger charge is -2.19. The van der Waals surface area contributed by atoms with Crippen LogP contribution >= 0.6 is 11.8 Å². The lowest BCUT2D eigenvalue weighted by atomic mass is 9.51. The maximum Gasteiger partial charge on any atom is 0.389 e. The summed E-state index contributed by atoms with van der Waals surface area (Å²) in [6.07, 6.45) is -4.57. The van der Waals surface area contributed by atoms with Crippen LogP contribution in [-0.2, 0) is 0 Å². The zero-order valence-electron chi connectivity index (χ0n) is 10.00. The molecule has 0 N–H and O–H groups in total. The zero-order chi connectivity index (χ0) is 12.9. The summed E-state index contributed by atoms with van der Waals surface area (Å²) in [5.41, 5.74) is 0. The first-order chi connectivity index (χ1) is 7.88. The third kappa shape index (κ3) is 6.06. The van der Waals surface area contributed by atoms with E-state index in [-0.39, 0.29) is 18.3 Å². The molecule has 1 unspecified atom stereocenters. The van der Waals surface area contributed by atoms with Crippen LogP contribution in [-0.4, -0.2) is 18.0 Å². The highest BCUT2D eigenvalue weighted by Crippen LogP contribution is 2.31. The number of rotatable bonds is 5. The van der Waals surface area contributed by atoms with Crippen LogP contribution in [0.15, 0.2) is 35.2 Å². The van der Waals surface area contributed by atoms with E-state index in [2.05, 4.69) is 0 Å². The Kier molecular flexibility index (Phi) is 5.44. The number of benzene rings is 1. The second kappa shape index (κ2) is 6.38. The van der Waals surface area contributed by atoms with Crippen molar-refractivity contribution in [2.75, 3.05) is 0 Å². The van der Waals surface area contributed by atoms with E-state index in [0.717, 1.165) is 4.90 Å². The number of thioether (sulfide) groups is 1. The summed E-state index contributed by atoms with van der Waals surface area (Å²) in [4.78, 5) is 1.04. The SMILES string of the molecule is CB(C)C(CCC(F)(F)F)Sc1ccccc1. The first kappa shape index (κ1) is 14.5. The highest BCUT2D eigenvalue weighted by Gasteiger charge is 2.29. The van der Waals surface area contributed by atoms with E-state index >= 15 is 0 Å². The third-order valence-corrected chi connectivity index (χ3v) is 4.11. The van der Waals surface area contributed by atoms with Crippen LogP contribution in [0, 0.1) is 0 Å². The molecule has 0 bridgehead atoms. The predicted octanol–water partition coefficient (Wildman–Crippen LogP) is 4.78. The van der Waals surface area contributed by atoms with Gasteiger partial charge < -0.3 is 0 Å². The van der Waals surface area contributed by atoms with Gasteiger partial charge in [0.05, 0.1) is 0 Å². The maximum atomic E-state index is 12.2. The fourth-order valence-corrected chi connectivity index (χ4v) is 2.68. The molecule has 0 saturated carbocycles. The molecule has 17 heavy (non-hydrogen) atoms. The van der Waals surface area contributed by atoms with Gasteiger partial charge in [-0.2, -0.15) is 13.2 Å². The van der Waals surface area contributed by atoms with Gasteiger partial charge in [0.1, 0.15) is 6.71 Å². The van der Waals surface area contributed by atoms with E-state index in [1.54, 1.807) is 0 Å². The summed E-state index contributed by atoms with van der Waals surface area (Å²) in [5, 5.41) is 0.0130. The molecular weight excluding hydrogens is 244 g/mol. The second-order valence-corrected chi connectivity index (χ2v) is 5.68. The standard InChI is InChI=1S/C12H16BF3S/c1-13(2)11(8-9-12(14,15)16)17-10-6-4-3-5-7-10/h3-7,11H,8-9H2,1-2H3. The van der Waals surface area contributed by atoms with Crippen LogP contribution in [0.4, 0.5) is 13.2 Å². The number of alkyl halides is 3. The fourth-order valence-electron chi connectivity index (χ4n) is 1.51. The zero-order valence-corrected chi connectivity index (χ0v) is 10.8. The van der Waals surface area contributed by atoms with Gasteiger partial charge in [0.2, 0.25) is 0 Å². The molecule has 0 aliphatic heterocycles. The van der Waals surface area contributed by atoms with Gasteiger partial charge in [0, 0.05) is 11.3 Å². The van der Waals surface area contributed by atoms with E-state index in [1.807, 2.05) is 44.0 Å². The Morgan fingerprint density at radius 1 is 1.18 bits per heavy atom. The minimum atomic E-state index is -4.05. The van der Waals surface area contributed by atoms with Crippen molar-refractivity contribution in [1.29, 1.82) is 0 Å². The predicted molar refractivity (Wildman–Crippen MR) is 68.9 cm³/mol. The molecule has 5 heteroatoms. The molecule has 1 aromatic carbocycles. The minimum absolute atomic E-state index is 0.0130. The lowest BCUT2D eigenvalue weighted by Crippen LogP contribution is -2.23. The first-order valence-corrected chi connectivity index (χ1v) is 6.55. The van der Waals surface area contributed by atoms with Crippen molar-refractivity contribution in [2.24, 2.45) is 0 Å². The van der Waals surface area contributed by atoms with Crippen molar-refractivity contribution in [3.8, 4) is 0 Å². The van der Waals surface area contributed by atoms with Crippen LogP contribution in [0.2, 0.25) is 13.6 Å². The van der Waals surface area contributed by atoms with Crippen LogP contribution in [0.25, 0.3) is 0 Å². The fraction of sp³-hybridized carbons (Fsp3) is 0.500. The van der Waals surface area contributed by atoms with E-state index < -0.39 is 12.6 Å². The quantitative estimate of drug-likeness (QED) is 0.542. The molecular formula is C12H16BF3S. The van der Waals surface area contributed by atoms with E-state index in [4.69, 9.17) is 0 Å². The van der Waals surface area contributed by atoms with Gasteiger partial charge in [0.25, 0.3) is 0 Å². The highest BCUT2D eigenvalue weighted by atomic mass is 32.2. The Bertz CT molecular complexity index is 324. The summed E-state index contributed by atoms with van der Waals surface area (Å²) >= 11 is 1.54. The van der Waals surface area contributed by atoms with Gasteiger partial charge in [0.15, 0.2) is 0 Å². The summed E-state index contributed by atoms with van der Waals surface area (Å²) in [6.45, 7) is 4.18. The molecule has 1 aromatic rings. The molecule has 0 aromatic heterocycles. The highest BCUT2D eigenvalue weighted by molar-refractivity contribution is 8.01. The second-order valence-electron chi connectivity index (χ2n) is 4.37. The largest absolute Gasteiger partial charge is 0.389 e. The normalized spacial score (nSPS) is 13.5. The summed E-state index contributed by atoms with van der Waals surface area (Å²) in [5.74, 6) is 0. The molecule has 0 heterocycles. The summed E-state index contributed by atoms with van der Waals surface area (Å²) in [7, 11) is 0. The average Bonchev–Trinajstić information content (AvgIpc) is 2.24. The van der Waals surface area contributed by atoms with Crippen LogP contribution < -0.4 is 0 Å². The van der Waals surface area contributed by atoms with Crippen molar-refractivity contribution in [3.63, 3.8) is 0 Å². The Morgan fingerprint density at radius 2 is 1.76 bits per heavy atom. The van der Waals surface area contributed by atoms with Crippen molar-refractivity contribution in [2.45, 2.75) is 42.7 Å². The molecule has 0 aliphatic carbocycles. The van der Waals surface area contributed by atoms with Crippen molar-refractivity contribution < 1.29 is 13.2 Å². The molecule has 0 fully saturated rings. The average molecular weight is 260 g/mol. The van der Waals surface area contributed by atoms with Gasteiger partial charge >= 0.3 is 6.18 Å². The van der Waals surface area contributed by atoms with Gasteiger partial charge in [-0.15, -0.1) is 11.8 Å². The van der Waals surface area contributed by atoms with Crippen molar-refractivity contribution in [3.05, 3.63) is 30.3 Å². The molecule has 0 amide bonds. The number of hydrogen-bond acceptors (Lipinski definition) is 1. The van der Waals surface area contributed by atoms with Crippen molar-refractivity contribution in [1.82, 2.24) is 0 Å². The van der Waals surface area contributed by atoms with Crippen LogP contribution in [0.5, 0.6) is 0 Å². The van der Waals surface area contributed by atoms with E-state index in [9.17, 15) is 13.2 Å². The number of hydrogen-bond donors (Lipinski definition) is 0. The lowest BCUT2D eigenvalue weighted by molar-refractivity contribution is -0.134. The van der Waals surface area contributed by atoms with Crippen LogP contribution in [0.3, 0.4) is 0 Å². The van der Waals surface area contributed by atoms with Crippen molar-refractivity contribution >= 4 is 18.5 Å². The Labute approximate surface area is 105 Å². The van der Waals surface area contributed by atoms with E-state index in [1.165, 1.54) is 11.8 Å². The molecule has 0 nitrogen and oxygen atoms in total. The Hall–Kier alpha value is -0.575. The summed E-state index contributed by atoms with van der Waals surface area (Å²) in [6, 6.07) is 9.60. The maximum absolute atomic E-state index is 12.2. The monoisotopic (exact) mass is 260 g/mol. The van der Waals surface area contributed by atoms with Gasteiger partial charge in [-0.3, -0.25) is 0 Å². The molecule has 0 spiro atoms. The molecule has 0 aliphatic rings. The molecule has 1 atom stereocenters.